The first-order valence-electron chi connectivity index (χ1n) is 5.97. The van der Waals surface area contributed by atoms with E-state index >= 15 is 0 Å². The lowest BCUT2D eigenvalue weighted by Gasteiger charge is -2.17. The molecule has 20 heavy (non-hydrogen) atoms. The van der Waals surface area contributed by atoms with E-state index in [-0.39, 0.29) is 17.1 Å². The van der Waals surface area contributed by atoms with Crippen LogP contribution in [0.1, 0.15) is 23.3 Å². The van der Waals surface area contributed by atoms with E-state index in [2.05, 4.69) is 4.98 Å². The number of nitrogens with zero attached hydrogens (tertiary/aromatic N) is 1. The van der Waals surface area contributed by atoms with Crippen LogP contribution in [0.4, 0.5) is 0 Å². The molecule has 1 atom stereocenters. The summed E-state index contributed by atoms with van der Waals surface area (Å²) in [5.74, 6) is -0.529. The van der Waals surface area contributed by atoms with Crippen molar-refractivity contribution in [2.75, 3.05) is 12.0 Å². The molecule has 0 saturated heterocycles. The first-order chi connectivity index (χ1) is 9.47. The Kier molecular flexibility index (Phi) is 3.99. The molecule has 6 nitrogen and oxygen atoms in total. The van der Waals surface area contributed by atoms with Crippen LogP contribution in [0.5, 0.6) is 0 Å². The minimum atomic E-state index is -1.13. The van der Waals surface area contributed by atoms with Crippen molar-refractivity contribution in [3.05, 3.63) is 44.5 Å². The Morgan fingerprint density at radius 3 is 2.75 bits per heavy atom. The molecule has 0 fully saturated rings. The van der Waals surface area contributed by atoms with Gasteiger partial charge in [0.15, 0.2) is 0 Å². The van der Waals surface area contributed by atoms with Crippen LogP contribution in [0.3, 0.4) is 0 Å². The molecule has 0 amide bonds. The summed E-state index contributed by atoms with van der Waals surface area (Å²) in [5, 5.41) is 9.27. The summed E-state index contributed by atoms with van der Waals surface area (Å²) in [7, 11) is 0. The van der Waals surface area contributed by atoms with E-state index in [1.54, 1.807) is 13.0 Å². The first-order valence-corrected chi connectivity index (χ1v) is 7.36. The lowest BCUT2D eigenvalue weighted by molar-refractivity contribution is 0.0698. The number of aromatic carboxylic acids is 1. The fourth-order valence-corrected chi connectivity index (χ4v) is 2.83. The largest absolute Gasteiger partial charge is 0.478 e. The number of aromatic amines is 1. The van der Waals surface area contributed by atoms with Crippen LogP contribution in [0, 0.1) is 0 Å². The van der Waals surface area contributed by atoms with Crippen molar-refractivity contribution in [1.29, 1.82) is 0 Å². The summed E-state index contributed by atoms with van der Waals surface area (Å²) in [6, 6.07) is 4.27. The predicted molar refractivity (Wildman–Crippen MR) is 78.9 cm³/mol. The van der Waals surface area contributed by atoms with Crippen LogP contribution in [-0.2, 0) is 0 Å². The highest BCUT2D eigenvalue weighted by Gasteiger charge is 2.18. The van der Waals surface area contributed by atoms with Crippen molar-refractivity contribution in [3.63, 3.8) is 0 Å². The molecule has 0 aliphatic rings. The fraction of sp³-hybridized carbons (Fsp3) is 0.308. The number of carbonyl (C=O) groups is 1. The summed E-state index contributed by atoms with van der Waals surface area (Å²) in [5.41, 5.74) is -0.863. The molecule has 0 spiro atoms. The van der Waals surface area contributed by atoms with Gasteiger partial charge in [0, 0.05) is 11.8 Å². The van der Waals surface area contributed by atoms with Crippen molar-refractivity contribution in [3.8, 4) is 0 Å². The van der Waals surface area contributed by atoms with Crippen molar-refractivity contribution >= 4 is 28.8 Å². The Labute approximate surface area is 118 Å². The number of aromatic nitrogens is 2. The summed E-state index contributed by atoms with van der Waals surface area (Å²) < 4.78 is 1.27. The predicted octanol–water partition coefficient (Wildman–Crippen LogP) is 1.31. The molecule has 0 bridgehead atoms. The Hall–Kier alpha value is -2.02. The minimum absolute atomic E-state index is 0.00352. The molecule has 0 saturated carbocycles. The lowest BCUT2D eigenvalue weighted by Crippen LogP contribution is -2.38. The molecule has 2 N–H and O–H groups in total. The number of nitrogens with one attached hydrogen (secondary N) is 1. The van der Waals surface area contributed by atoms with E-state index in [0.29, 0.717) is 11.3 Å². The zero-order valence-electron chi connectivity index (χ0n) is 11.0. The van der Waals surface area contributed by atoms with Gasteiger partial charge in [-0.2, -0.15) is 11.8 Å². The van der Waals surface area contributed by atoms with Crippen molar-refractivity contribution in [1.82, 2.24) is 9.55 Å². The zero-order chi connectivity index (χ0) is 14.9. The van der Waals surface area contributed by atoms with Crippen LogP contribution < -0.4 is 11.1 Å². The van der Waals surface area contributed by atoms with Crippen LogP contribution in [0.2, 0.25) is 0 Å². The number of H-pyrrole nitrogens is 1. The monoisotopic (exact) mass is 294 g/mol. The normalized spacial score (nSPS) is 12.5. The van der Waals surface area contributed by atoms with E-state index in [0.717, 1.165) is 0 Å². The quantitative estimate of drug-likeness (QED) is 0.829. The smallest absolute Gasteiger partial charge is 0.337 e. The highest BCUT2D eigenvalue weighted by Crippen LogP contribution is 2.19. The van der Waals surface area contributed by atoms with E-state index in [1.807, 2.05) is 6.26 Å². The van der Waals surface area contributed by atoms with Gasteiger partial charge in [-0.25, -0.2) is 4.79 Å². The van der Waals surface area contributed by atoms with Crippen LogP contribution >= 0.6 is 11.8 Å². The van der Waals surface area contributed by atoms with Gasteiger partial charge in [0.1, 0.15) is 0 Å². The molecule has 1 aromatic heterocycles. The third-order valence-electron chi connectivity index (χ3n) is 3.02. The van der Waals surface area contributed by atoms with Crippen molar-refractivity contribution in [2.24, 2.45) is 0 Å². The molecule has 106 valence electrons. The van der Waals surface area contributed by atoms with Gasteiger partial charge in [0.05, 0.1) is 16.6 Å². The van der Waals surface area contributed by atoms with Gasteiger partial charge in [-0.15, -0.1) is 0 Å². The second-order valence-corrected chi connectivity index (χ2v) is 5.35. The Bertz CT molecular complexity index is 778. The Morgan fingerprint density at radius 1 is 1.45 bits per heavy atom. The standard InChI is InChI=1S/C13H14N2O4S/c1-7(6-20-2)15-10-8(13(18)19)4-3-5-9(10)14-11(16)12(15)17/h3-5,7H,6H2,1-2H3,(H,14,16)(H,18,19). The molecule has 0 aliphatic heterocycles. The molecule has 0 aliphatic carbocycles. The second kappa shape index (κ2) is 5.54. The number of thioether (sulfide) groups is 1. The number of carboxylic acid groups (broad SMARTS) is 1. The third kappa shape index (κ3) is 2.36. The Morgan fingerprint density at radius 2 is 2.15 bits per heavy atom. The SMILES string of the molecule is CSCC(C)n1c(=O)c(=O)[nH]c2cccc(C(=O)O)c21. The Balaban J connectivity index is 2.94. The molecule has 0 radical (unpaired) electrons. The summed E-state index contributed by atoms with van der Waals surface area (Å²) in [6.45, 7) is 1.79. The van der Waals surface area contributed by atoms with E-state index in [1.165, 1.54) is 28.5 Å². The molecule has 1 aromatic carbocycles. The number of para-hydroxylation sites is 1. The average Bonchev–Trinajstić information content (AvgIpc) is 2.39. The van der Waals surface area contributed by atoms with Crippen LogP contribution in [0.15, 0.2) is 27.8 Å². The number of hydrogen-bond donors (Lipinski definition) is 2. The third-order valence-corrected chi connectivity index (χ3v) is 3.83. The number of rotatable bonds is 4. The molecule has 7 heteroatoms. The van der Waals surface area contributed by atoms with Crippen LogP contribution in [-0.4, -0.2) is 32.6 Å². The maximum absolute atomic E-state index is 12.1. The van der Waals surface area contributed by atoms with E-state index in [9.17, 15) is 19.5 Å². The zero-order valence-corrected chi connectivity index (χ0v) is 11.9. The van der Waals surface area contributed by atoms with Gasteiger partial charge in [-0.05, 0) is 25.3 Å². The molecular formula is C13H14N2O4S. The van der Waals surface area contributed by atoms with Crippen molar-refractivity contribution in [2.45, 2.75) is 13.0 Å². The van der Waals surface area contributed by atoms with Gasteiger partial charge in [0.25, 0.3) is 0 Å². The van der Waals surface area contributed by atoms with E-state index < -0.39 is 17.1 Å². The number of benzene rings is 1. The summed E-state index contributed by atoms with van der Waals surface area (Å²) in [4.78, 5) is 37.6. The molecule has 2 aromatic rings. The topological polar surface area (TPSA) is 92.2 Å². The second-order valence-electron chi connectivity index (χ2n) is 4.44. The summed E-state index contributed by atoms with van der Waals surface area (Å²) in [6.07, 6.45) is 1.88. The molecule has 2 rings (SSSR count). The minimum Gasteiger partial charge on any atom is -0.478 e. The first kappa shape index (κ1) is 14.4. The maximum Gasteiger partial charge on any atom is 0.337 e. The highest BCUT2D eigenvalue weighted by molar-refractivity contribution is 7.98. The van der Waals surface area contributed by atoms with Gasteiger partial charge < -0.3 is 10.1 Å². The average molecular weight is 294 g/mol. The molecule has 1 unspecified atom stereocenters. The number of carboxylic acids is 1. The maximum atomic E-state index is 12.1. The number of fused-ring (bicyclic) bond motifs is 1. The highest BCUT2D eigenvalue weighted by atomic mass is 32.2. The molecule has 1 heterocycles. The number of hydrogen-bond acceptors (Lipinski definition) is 4. The summed E-state index contributed by atoms with van der Waals surface area (Å²) >= 11 is 1.52. The van der Waals surface area contributed by atoms with E-state index in [4.69, 9.17) is 0 Å². The van der Waals surface area contributed by atoms with Gasteiger partial charge in [0.2, 0.25) is 0 Å². The van der Waals surface area contributed by atoms with Crippen molar-refractivity contribution < 1.29 is 9.90 Å². The van der Waals surface area contributed by atoms with Gasteiger partial charge >= 0.3 is 17.1 Å². The lowest BCUT2D eigenvalue weighted by atomic mass is 10.1. The van der Waals surface area contributed by atoms with Gasteiger partial charge in [-0.1, -0.05) is 6.07 Å². The molecular weight excluding hydrogens is 280 g/mol. The van der Waals surface area contributed by atoms with Crippen LogP contribution in [0.25, 0.3) is 11.0 Å². The van der Waals surface area contributed by atoms with Gasteiger partial charge in [-0.3, -0.25) is 14.2 Å². The fourth-order valence-electron chi connectivity index (χ4n) is 2.20.